The Morgan fingerprint density at radius 2 is 1.84 bits per heavy atom. The highest BCUT2D eigenvalue weighted by molar-refractivity contribution is 5.96. The molecule has 1 aromatic carbocycles. The second-order valence-electron chi connectivity index (χ2n) is 11.9. The Labute approximate surface area is 256 Å². The third-order valence-electron chi connectivity index (χ3n) is 8.58. The van der Waals surface area contributed by atoms with Crippen molar-refractivity contribution >= 4 is 17.0 Å². The number of likely N-dealkylation sites (tertiary alicyclic amines) is 1. The van der Waals surface area contributed by atoms with Crippen molar-refractivity contribution in [3.8, 4) is 40.1 Å². The molecular formula is C34H37N5O5. The average molecular weight is 596 g/mol. The Bertz CT molecular complexity index is 1690. The molecule has 44 heavy (non-hydrogen) atoms. The number of methoxy groups -OCH3 is 1. The quantitative estimate of drug-likeness (QED) is 0.303. The van der Waals surface area contributed by atoms with Crippen molar-refractivity contribution in [1.29, 1.82) is 5.26 Å². The zero-order valence-corrected chi connectivity index (χ0v) is 25.5. The molecule has 6 rings (SSSR count). The first-order valence-corrected chi connectivity index (χ1v) is 15.1. The normalized spacial score (nSPS) is 21.1. The summed E-state index contributed by atoms with van der Waals surface area (Å²) in [4.78, 5) is 24.6. The number of benzene rings is 1. The number of ether oxygens (including phenoxy) is 3. The van der Waals surface area contributed by atoms with E-state index in [0.29, 0.717) is 70.2 Å². The molecule has 10 heteroatoms. The molecule has 1 amide bonds. The number of amides is 1. The van der Waals surface area contributed by atoms with Gasteiger partial charge in [-0.05, 0) is 48.7 Å². The standard InChI is InChI=1S/C34H37N5O5/c1-20-18-39(3)19-21(2)31(20)38-34(40)24-14-29(41-4)32(37-17-24)30-15-27-33(44-30)26(7-10-36-27)22-5-6-28(23(13-22)16-35)43-25-8-11-42-12-9-25/h5-7,10,13-15,17,20-21,25,31H,8-9,11-12,18-19H2,1-4H3,(H,38,40)/t20-,21+,31?. The minimum Gasteiger partial charge on any atom is -0.494 e. The van der Waals surface area contributed by atoms with Crippen molar-refractivity contribution in [3.63, 3.8) is 0 Å². The van der Waals surface area contributed by atoms with E-state index < -0.39 is 0 Å². The number of fused-ring (bicyclic) bond motifs is 1. The van der Waals surface area contributed by atoms with E-state index in [9.17, 15) is 10.1 Å². The predicted octanol–water partition coefficient (Wildman–Crippen LogP) is 5.31. The second kappa shape index (κ2) is 12.6. The van der Waals surface area contributed by atoms with E-state index in [4.69, 9.17) is 18.6 Å². The second-order valence-corrected chi connectivity index (χ2v) is 11.9. The molecule has 0 aliphatic carbocycles. The van der Waals surface area contributed by atoms with Gasteiger partial charge in [0.1, 0.15) is 34.9 Å². The maximum Gasteiger partial charge on any atom is 0.253 e. The maximum absolute atomic E-state index is 13.2. The minimum atomic E-state index is -0.179. The first-order chi connectivity index (χ1) is 21.3. The summed E-state index contributed by atoms with van der Waals surface area (Å²) in [6, 6.07) is 13.3. The van der Waals surface area contributed by atoms with Crippen molar-refractivity contribution in [2.75, 3.05) is 40.5 Å². The zero-order valence-electron chi connectivity index (χ0n) is 25.5. The van der Waals surface area contributed by atoms with Gasteiger partial charge in [-0.15, -0.1) is 0 Å². The summed E-state index contributed by atoms with van der Waals surface area (Å²) < 4.78 is 23.6. The van der Waals surface area contributed by atoms with Crippen LogP contribution in [-0.2, 0) is 4.74 Å². The molecule has 5 heterocycles. The van der Waals surface area contributed by atoms with Crippen LogP contribution < -0.4 is 14.8 Å². The molecule has 0 saturated carbocycles. The summed E-state index contributed by atoms with van der Waals surface area (Å²) >= 11 is 0. The maximum atomic E-state index is 13.2. The molecule has 2 aliphatic heterocycles. The van der Waals surface area contributed by atoms with Gasteiger partial charge in [0.15, 0.2) is 11.3 Å². The van der Waals surface area contributed by atoms with Gasteiger partial charge < -0.3 is 28.8 Å². The van der Waals surface area contributed by atoms with Crippen molar-refractivity contribution in [2.45, 2.75) is 38.8 Å². The Hall–Kier alpha value is -4.46. The van der Waals surface area contributed by atoms with Crippen molar-refractivity contribution in [1.82, 2.24) is 20.2 Å². The van der Waals surface area contributed by atoms with Gasteiger partial charge in [0, 0.05) is 56.0 Å². The van der Waals surface area contributed by atoms with Crippen LogP contribution >= 0.6 is 0 Å². The van der Waals surface area contributed by atoms with E-state index in [-0.39, 0.29) is 18.1 Å². The molecule has 3 aromatic heterocycles. The molecule has 2 saturated heterocycles. The summed E-state index contributed by atoms with van der Waals surface area (Å²) in [7, 11) is 3.65. The molecule has 0 bridgehead atoms. The van der Waals surface area contributed by atoms with Crippen LogP contribution in [0.25, 0.3) is 33.7 Å². The van der Waals surface area contributed by atoms with Crippen molar-refractivity contribution in [2.24, 2.45) is 11.8 Å². The number of carbonyl (C=O) groups excluding carboxylic acids is 1. The molecule has 0 spiro atoms. The van der Waals surface area contributed by atoms with Gasteiger partial charge in [0.05, 0.1) is 31.5 Å². The topological polar surface area (TPSA) is 123 Å². The zero-order chi connectivity index (χ0) is 30.8. The number of furan rings is 1. The predicted molar refractivity (Wildman–Crippen MR) is 165 cm³/mol. The van der Waals surface area contributed by atoms with Crippen LogP contribution in [0.15, 0.2) is 53.2 Å². The van der Waals surface area contributed by atoms with Gasteiger partial charge in [-0.2, -0.15) is 5.26 Å². The monoisotopic (exact) mass is 595 g/mol. The molecule has 228 valence electrons. The van der Waals surface area contributed by atoms with Gasteiger partial charge in [-0.3, -0.25) is 9.78 Å². The van der Waals surface area contributed by atoms with E-state index in [1.165, 1.54) is 0 Å². The number of pyridine rings is 2. The summed E-state index contributed by atoms with van der Waals surface area (Å²) in [5.74, 6) is 1.93. The molecule has 2 aliphatic rings. The van der Waals surface area contributed by atoms with Crippen LogP contribution in [0.5, 0.6) is 11.5 Å². The number of nitrogens with zero attached hydrogens (tertiary/aromatic N) is 4. The van der Waals surface area contributed by atoms with E-state index in [0.717, 1.165) is 37.1 Å². The van der Waals surface area contributed by atoms with Crippen LogP contribution in [0.2, 0.25) is 0 Å². The Morgan fingerprint density at radius 3 is 2.57 bits per heavy atom. The number of rotatable bonds is 7. The van der Waals surface area contributed by atoms with Gasteiger partial charge in [0.2, 0.25) is 0 Å². The highest BCUT2D eigenvalue weighted by Crippen LogP contribution is 2.37. The van der Waals surface area contributed by atoms with Crippen molar-refractivity contribution in [3.05, 3.63) is 59.9 Å². The number of hydrogen-bond donors (Lipinski definition) is 1. The van der Waals surface area contributed by atoms with Crippen LogP contribution in [0.4, 0.5) is 0 Å². The third-order valence-corrected chi connectivity index (χ3v) is 8.58. The lowest BCUT2D eigenvalue weighted by atomic mass is 9.86. The molecule has 10 nitrogen and oxygen atoms in total. The van der Waals surface area contributed by atoms with E-state index in [1.807, 2.05) is 24.3 Å². The highest BCUT2D eigenvalue weighted by atomic mass is 16.5. The fourth-order valence-corrected chi connectivity index (χ4v) is 6.42. The summed E-state index contributed by atoms with van der Waals surface area (Å²) in [5.41, 5.74) is 4.12. The summed E-state index contributed by atoms with van der Waals surface area (Å²) in [5, 5.41) is 13.1. The lowest BCUT2D eigenvalue weighted by molar-refractivity contribution is 0.0254. The van der Waals surface area contributed by atoms with Crippen LogP contribution in [0.1, 0.15) is 42.6 Å². The minimum absolute atomic E-state index is 0.0308. The number of piperidine rings is 1. The highest BCUT2D eigenvalue weighted by Gasteiger charge is 2.32. The smallest absolute Gasteiger partial charge is 0.253 e. The number of nitriles is 1. The SMILES string of the molecule is COc1cc(C(=O)NC2[C@H](C)CN(C)C[C@@H]2C)cnc1-c1cc2nccc(-c3ccc(OC4CCOCC4)c(C#N)c3)c2o1. The van der Waals surface area contributed by atoms with Crippen molar-refractivity contribution < 1.29 is 23.4 Å². The Kier molecular flexibility index (Phi) is 8.51. The van der Waals surface area contributed by atoms with Crippen LogP contribution in [0.3, 0.4) is 0 Å². The summed E-state index contributed by atoms with van der Waals surface area (Å²) in [6.07, 6.45) is 4.89. The molecule has 1 unspecified atom stereocenters. The largest absolute Gasteiger partial charge is 0.494 e. The first-order valence-electron chi connectivity index (χ1n) is 15.1. The fraction of sp³-hybridized carbons (Fsp3) is 0.412. The van der Waals surface area contributed by atoms with Gasteiger partial charge in [-0.25, -0.2) is 4.98 Å². The Morgan fingerprint density at radius 1 is 1.07 bits per heavy atom. The molecule has 4 aromatic rings. The number of nitrogens with one attached hydrogen (secondary N) is 1. The first kappa shape index (κ1) is 29.6. The Balaban J connectivity index is 1.27. The van der Waals surface area contributed by atoms with Gasteiger partial charge in [0.25, 0.3) is 5.91 Å². The van der Waals surface area contributed by atoms with Gasteiger partial charge >= 0.3 is 0 Å². The van der Waals surface area contributed by atoms with E-state index >= 15 is 0 Å². The number of carbonyl (C=O) groups is 1. The van der Waals surface area contributed by atoms with Crippen LogP contribution in [0, 0.1) is 23.2 Å². The lowest BCUT2D eigenvalue weighted by Gasteiger charge is -2.40. The van der Waals surface area contributed by atoms with Crippen LogP contribution in [-0.4, -0.2) is 73.4 Å². The fourth-order valence-electron chi connectivity index (χ4n) is 6.42. The number of hydrogen-bond acceptors (Lipinski definition) is 9. The number of aromatic nitrogens is 2. The molecule has 3 atom stereocenters. The molecule has 2 fully saturated rings. The average Bonchev–Trinajstić information content (AvgIpc) is 3.47. The summed E-state index contributed by atoms with van der Waals surface area (Å²) in [6.45, 7) is 7.52. The molecule has 1 N–H and O–H groups in total. The third kappa shape index (κ3) is 5.98. The van der Waals surface area contributed by atoms with E-state index in [1.54, 1.807) is 31.6 Å². The lowest BCUT2D eigenvalue weighted by Crippen LogP contribution is -2.53. The molecule has 0 radical (unpaired) electrons. The van der Waals surface area contributed by atoms with E-state index in [2.05, 4.69) is 47.1 Å². The molecular weight excluding hydrogens is 558 g/mol. The van der Waals surface area contributed by atoms with Gasteiger partial charge in [-0.1, -0.05) is 19.9 Å².